The summed E-state index contributed by atoms with van der Waals surface area (Å²) in [6, 6.07) is 27.6. The van der Waals surface area contributed by atoms with Gasteiger partial charge in [-0.25, -0.2) is 0 Å². The third-order valence-corrected chi connectivity index (χ3v) is 7.39. The Hall–Kier alpha value is -3.60. The number of hydrogen-bond donors (Lipinski definition) is 1. The van der Waals surface area contributed by atoms with E-state index in [9.17, 15) is 9.59 Å². The summed E-state index contributed by atoms with van der Waals surface area (Å²) in [6.07, 6.45) is 5.80. The second kappa shape index (κ2) is 13.1. The first-order valence-corrected chi connectivity index (χ1v) is 13.4. The first-order chi connectivity index (χ1) is 18.0. The Kier molecular flexibility index (Phi) is 9.36. The van der Waals surface area contributed by atoms with Crippen LogP contribution in [0.2, 0.25) is 0 Å². The molecule has 0 aliphatic heterocycles. The van der Waals surface area contributed by atoms with Gasteiger partial charge in [0.25, 0.3) is 0 Å². The Balaban J connectivity index is 1.60. The fraction of sp³-hybridized carbons (Fsp3) is 0.375. The van der Waals surface area contributed by atoms with Gasteiger partial charge in [-0.3, -0.25) is 9.59 Å². The van der Waals surface area contributed by atoms with E-state index in [1.807, 2.05) is 67.6 Å². The average molecular weight is 499 g/mol. The van der Waals surface area contributed by atoms with Crippen LogP contribution in [0.3, 0.4) is 0 Å². The van der Waals surface area contributed by atoms with E-state index >= 15 is 0 Å². The van der Waals surface area contributed by atoms with Gasteiger partial charge in [0.05, 0.1) is 7.11 Å². The monoisotopic (exact) mass is 498 g/mol. The number of rotatable bonds is 10. The van der Waals surface area contributed by atoms with Gasteiger partial charge < -0.3 is 15.0 Å². The number of carbonyl (C=O) groups excluding carboxylic acids is 2. The molecule has 0 bridgehead atoms. The van der Waals surface area contributed by atoms with Crippen molar-refractivity contribution >= 4 is 11.8 Å². The van der Waals surface area contributed by atoms with Crippen LogP contribution in [0.4, 0.5) is 0 Å². The molecule has 3 aromatic carbocycles. The molecule has 0 heterocycles. The highest BCUT2D eigenvalue weighted by molar-refractivity contribution is 5.88. The van der Waals surface area contributed by atoms with Crippen LogP contribution in [0.15, 0.2) is 84.9 Å². The van der Waals surface area contributed by atoms with E-state index in [1.165, 1.54) is 6.42 Å². The van der Waals surface area contributed by atoms with E-state index in [-0.39, 0.29) is 30.2 Å². The van der Waals surface area contributed by atoms with Crippen molar-refractivity contribution in [3.05, 3.63) is 102 Å². The van der Waals surface area contributed by atoms with Gasteiger partial charge in [-0.05, 0) is 48.6 Å². The Bertz CT molecular complexity index is 1100. The molecule has 5 nitrogen and oxygen atoms in total. The summed E-state index contributed by atoms with van der Waals surface area (Å²) in [5.74, 6) is 0.498. The first kappa shape index (κ1) is 26.5. The fourth-order valence-electron chi connectivity index (χ4n) is 5.21. The van der Waals surface area contributed by atoms with Crippen molar-refractivity contribution in [2.75, 3.05) is 7.11 Å². The molecule has 194 valence electrons. The second-order valence-electron chi connectivity index (χ2n) is 9.97. The van der Waals surface area contributed by atoms with E-state index < -0.39 is 6.04 Å². The highest BCUT2D eigenvalue weighted by Crippen LogP contribution is 2.30. The van der Waals surface area contributed by atoms with Crippen molar-refractivity contribution < 1.29 is 14.3 Å². The minimum absolute atomic E-state index is 0.0492. The quantitative estimate of drug-likeness (QED) is 0.368. The maximum absolute atomic E-state index is 14.0. The average Bonchev–Trinajstić information content (AvgIpc) is 2.95. The number of benzene rings is 3. The predicted octanol–water partition coefficient (Wildman–Crippen LogP) is 6.08. The Morgan fingerprint density at radius 1 is 0.892 bits per heavy atom. The zero-order valence-electron chi connectivity index (χ0n) is 21.9. The maximum atomic E-state index is 14.0. The molecule has 1 N–H and O–H groups in total. The molecule has 0 aromatic heterocycles. The van der Waals surface area contributed by atoms with Crippen LogP contribution in [0.5, 0.6) is 5.75 Å². The van der Waals surface area contributed by atoms with Crippen LogP contribution in [-0.4, -0.2) is 35.9 Å². The summed E-state index contributed by atoms with van der Waals surface area (Å²) >= 11 is 0. The summed E-state index contributed by atoms with van der Waals surface area (Å²) in [5, 5.41) is 3.22. The van der Waals surface area contributed by atoms with E-state index in [2.05, 4.69) is 29.6 Å². The van der Waals surface area contributed by atoms with Crippen LogP contribution in [0.25, 0.3) is 0 Å². The summed E-state index contributed by atoms with van der Waals surface area (Å²) in [7, 11) is 1.63. The number of nitrogens with zero attached hydrogens (tertiary/aromatic N) is 1. The predicted molar refractivity (Wildman–Crippen MR) is 147 cm³/mol. The molecule has 0 unspecified atom stereocenters. The number of ether oxygens (including phenoxy) is 1. The minimum atomic E-state index is -0.590. The zero-order chi connectivity index (χ0) is 26.0. The smallest absolute Gasteiger partial charge is 0.242 e. The Morgan fingerprint density at radius 2 is 1.51 bits per heavy atom. The van der Waals surface area contributed by atoms with Crippen LogP contribution < -0.4 is 10.1 Å². The highest BCUT2D eigenvalue weighted by atomic mass is 16.5. The van der Waals surface area contributed by atoms with E-state index in [0.717, 1.165) is 48.1 Å². The molecular weight excluding hydrogens is 460 g/mol. The topological polar surface area (TPSA) is 58.6 Å². The SMILES string of the molecule is COc1cccc(CN(C(=O)CC(c2ccccc2)c2ccccc2)[C@H](C)C(=O)NC2CCCCC2)c1. The van der Waals surface area contributed by atoms with Crippen LogP contribution >= 0.6 is 0 Å². The molecule has 37 heavy (non-hydrogen) atoms. The summed E-state index contributed by atoms with van der Waals surface area (Å²) in [6.45, 7) is 2.18. The summed E-state index contributed by atoms with van der Waals surface area (Å²) < 4.78 is 5.40. The fourth-order valence-corrected chi connectivity index (χ4v) is 5.21. The molecular formula is C32H38N2O3. The Morgan fingerprint density at radius 3 is 2.11 bits per heavy atom. The van der Waals surface area contributed by atoms with E-state index in [0.29, 0.717) is 6.54 Å². The van der Waals surface area contributed by atoms with Gasteiger partial charge in [-0.2, -0.15) is 0 Å². The molecule has 3 aromatic rings. The summed E-state index contributed by atoms with van der Waals surface area (Å²) in [5.41, 5.74) is 3.10. The molecule has 0 saturated heterocycles. The van der Waals surface area contributed by atoms with Crippen molar-refractivity contribution in [3.63, 3.8) is 0 Å². The zero-order valence-corrected chi connectivity index (χ0v) is 21.9. The molecule has 1 fully saturated rings. The van der Waals surface area contributed by atoms with Crippen LogP contribution in [0, 0.1) is 0 Å². The van der Waals surface area contributed by atoms with Gasteiger partial charge in [0.15, 0.2) is 0 Å². The number of carbonyl (C=O) groups is 2. The van der Waals surface area contributed by atoms with Crippen molar-refractivity contribution in [2.24, 2.45) is 0 Å². The molecule has 5 heteroatoms. The van der Waals surface area contributed by atoms with Gasteiger partial charge in [0.2, 0.25) is 11.8 Å². The van der Waals surface area contributed by atoms with Gasteiger partial charge in [0.1, 0.15) is 11.8 Å². The lowest BCUT2D eigenvalue weighted by Crippen LogP contribution is -2.50. The molecule has 4 rings (SSSR count). The van der Waals surface area contributed by atoms with Crippen molar-refractivity contribution in [3.8, 4) is 5.75 Å². The van der Waals surface area contributed by atoms with Gasteiger partial charge in [-0.15, -0.1) is 0 Å². The normalized spacial score (nSPS) is 14.7. The second-order valence-corrected chi connectivity index (χ2v) is 9.97. The van der Waals surface area contributed by atoms with Crippen molar-refractivity contribution in [1.82, 2.24) is 10.2 Å². The number of hydrogen-bond acceptors (Lipinski definition) is 3. The molecule has 2 amide bonds. The van der Waals surface area contributed by atoms with Crippen molar-refractivity contribution in [1.29, 1.82) is 0 Å². The molecule has 1 atom stereocenters. The number of amides is 2. The standard InChI is InChI=1S/C32H38N2O3/c1-24(32(36)33-28-18-10-5-11-19-28)34(23-25-13-12-20-29(21-25)37-2)31(35)22-30(26-14-6-3-7-15-26)27-16-8-4-9-17-27/h3-4,6-9,12-17,20-21,24,28,30H,5,10-11,18-19,22-23H2,1-2H3,(H,33,36)/t24-/m1/s1. The molecule has 1 aliphatic rings. The molecule has 1 saturated carbocycles. The third kappa shape index (κ3) is 7.22. The number of nitrogens with one attached hydrogen (secondary N) is 1. The lowest BCUT2D eigenvalue weighted by atomic mass is 9.88. The van der Waals surface area contributed by atoms with Crippen molar-refractivity contribution in [2.45, 2.75) is 70.0 Å². The van der Waals surface area contributed by atoms with Gasteiger partial charge in [-0.1, -0.05) is 92.1 Å². The van der Waals surface area contributed by atoms with Crippen LogP contribution in [-0.2, 0) is 16.1 Å². The minimum Gasteiger partial charge on any atom is -0.497 e. The van der Waals surface area contributed by atoms with Crippen LogP contribution in [0.1, 0.15) is 68.1 Å². The molecule has 1 aliphatic carbocycles. The molecule has 0 radical (unpaired) electrons. The van der Waals surface area contributed by atoms with E-state index in [1.54, 1.807) is 12.0 Å². The lowest BCUT2D eigenvalue weighted by molar-refractivity contribution is -0.141. The number of methoxy groups -OCH3 is 1. The maximum Gasteiger partial charge on any atom is 0.242 e. The first-order valence-electron chi connectivity index (χ1n) is 13.4. The highest BCUT2D eigenvalue weighted by Gasteiger charge is 2.30. The van der Waals surface area contributed by atoms with Gasteiger partial charge in [0, 0.05) is 24.9 Å². The van der Waals surface area contributed by atoms with E-state index in [4.69, 9.17) is 4.74 Å². The Labute approximate surface area is 220 Å². The summed E-state index contributed by atoms with van der Waals surface area (Å²) in [4.78, 5) is 29.1. The molecule has 0 spiro atoms. The largest absolute Gasteiger partial charge is 0.497 e. The third-order valence-electron chi connectivity index (χ3n) is 7.39. The lowest BCUT2D eigenvalue weighted by Gasteiger charge is -2.32. The van der Waals surface area contributed by atoms with Gasteiger partial charge >= 0.3 is 0 Å².